The largest absolute Gasteiger partial charge is 0.481 e. The summed E-state index contributed by atoms with van der Waals surface area (Å²) >= 11 is 1.35. The van der Waals surface area contributed by atoms with E-state index in [9.17, 15) is 24.3 Å². The minimum Gasteiger partial charge on any atom is -0.481 e. The minimum absolute atomic E-state index is 0.0922. The van der Waals surface area contributed by atoms with E-state index in [1.165, 1.54) is 16.7 Å². The number of β-lactam (4-membered cyclic amide) rings is 1. The summed E-state index contributed by atoms with van der Waals surface area (Å²) in [5.41, 5.74) is 4.38. The Balaban J connectivity index is 1.79. The van der Waals surface area contributed by atoms with Crippen LogP contribution in [0.4, 0.5) is 0 Å². The van der Waals surface area contributed by atoms with E-state index in [2.05, 4.69) is 5.32 Å². The molecule has 0 bridgehead atoms. The molecule has 134 valence electrons. The molecule has 4 atom stereocenters. The Bertz CT molecular complexity index is 571. The molecule has 9 nitrogen and oxygen atoms in total. The van der Waals surface area contributed by atoms with Crippen molar-refractivity contribution in [3.63, 3.8) is 0 Å². The smallest absolute Gasteiger partial charge is 0.320 e. The highest BCUT2D eigenvalue weighted by atomic mass is 32.2. The van der Waals surface area contributed by atoms with Gasteiger partial charge >= 0.3 is 11.9 Å². The van der Waals surface area contributed by atoms with Crippen LogP contribution in [0.5, 0.6) is 0 Å². The van der Waals surface area contributed by atoms with E-state index in [1.807, 2.05) is 0 Å². The van der Waals surface area contributed by atoms with Crippen molar-refractivity contribution in [2.75, 3.05) is 12.3 Å². The minimum atomic E-state index is -1.11. The monoisotopic (exact) mass is 359 g/mol. The lowest BCUT2D eigenvalue weighted by molar-refractivity contribution is -0.158. The van der Waals surface area contributed by atoms with Crippen LogP contribution in [0.3, 0.4) is 0 Å². The van der Waals surface area contributed by atoms with Gasteiger partial charge in [-0.1, -0.05) is 0 Å². The first kappa shape index (κ1) is 18.5. The predicted octanol–water partition coefficient (Wildman–Crippen LogP) is -0.941. The molecule has 0 aliphatic carbocycles. The van der Waals surface area contributed by atoms with E-state index >= 15 is 0 Å². The van der Waals surface area contributed by atoms with Crippen LogP contribution >= 0.6 is 11.8 Å². The van der Waals surface area contributed by atoms with Gasteiger partial charge in [0.1, 0.15) is 17.5 Å². The number of hydrogen-bond donors (Lipinski definition) is 4. The summed E-state index contributed by atoms with van der Waals surface area (Å²) < 4.78 is 0. The number of nitrogens with two attached hydrogens (primary N) is 1. The first-order valence-corrected chi connectivity index (χ1v) is 8.64. The summed E-state index contributed by atoms with van der Waals surface area (Å²) in [5, 5.41) is 20.3. The Kier molecular flexibility index (Phi) is 5.38. The quantitative estimate of drug-likeness (QED) is 0.425. The number of fused-ring (bicyclic) bond motifs is 1. The second-order valence-electron chi connectivity index (χ2n) is 6.42. The van der Waals surface area contributed by atoms with Gasteiger partial charge in [-0.2, -0.15) is 0 Å². The van der Waals surface area contributed by atoms with E-state index in [0.717, 1.165) is 0 Å². The Labute approximate surface area is 142 Å². The fraction of sp³-hybridized carbons (Fsp3) is 0.714. The normalized spacial score (nSPS) is 30.1. The third kappa shape index (κ3) is 3.64. The van der Waals surface area contributed by atoms with Crippen molar-refractivity contribution in [1.82, 2.24) is 10.2 Å². The van der Waals surface area contributed by atoms with E-state index in [-0.39, 0.29) is 36.6 Å². The molecule has 2 aliphatic heterocycles. The number of carbonyl (C=O) groups is 4. The van der Waals surface area contributed by atoms with Crippen molar-refractivity contribution in [1.29, 1.82) is 0 Å². The average Bonchev–Trinajstić information content (AvgIpc) is 2.52. The lowest BCUT2D eigenvalue weighted by Gasteiger charge is -2.53. The third-order valence-electron chi connectivity index (χ3n) is 4.30. The number of hydrogen-bond acceptors (Lipinski definition) is 6. The van der Waals surface area contributed by atoms with Crippen molar-refractivity contribution in [3.8, 4) is 0 Å². The van der Waals surface area contributed by atoms with Crippen molar-refractivity contribution in [2.45, 2.75) is 43.6 Å². The highest BCUT2D eigenvalue weighted by molar-refractivity contribution is 8.00. The van der Waals surface area contributed by atoms with E-state index < -0.39 is 29.4 Å². The van der Waals surface area contributed by atoms with Crippen LogP contribution in [0.1, 0.15) is 26.2 Å². The van der Waals surface area contributed by atoms with Crippen molar-refractivity contribution < 1.29 is 29.4 Å². The highest BCUT2D eigenvalue weighted by Crippen LogP contribution is 2.41. The second kappa shape index (κ2) is 6.98. The fourth-order valence-electron chi connectivity index (χ4n) is 2.68. The van der Waals surface area contributed by atoms with Gasteiger partial charge in [-0.05, 0) is 19.8 Å². The maximum atomic E-state index is 12.1. The topological polar surface area (TPSA) is 150 Å². The van der Waals surface area contributed by atoms with Crippen molar-refractivity contribution in [2.24, 2.45) is 11.1 Å². The number of carboxylic acid groups (broad SMARTS) is 2. The molecule has 2 saturated heterocycles. The molecule has 0 saturated carbocycles. The summed E-state index contributed by atoms with van der Waals surface area (Å²) in [6.07, 6.45) is 0.594. The summed E-state index contributed by atoms with van der Waals surface area (Å²) in [4.78, 5) is 47.3. The van der Waals surface area contributed by atoms with E-state index in [4.69, 9.17) is 10.8 Å². The fourth-order valence-corrected chi connectivity index (χ4v) is 4.17. The van der Waals surface area contributed by atoms with Crippen LogP contribution in [0, 0.1) is 5.41 Å². The molecule has 0 spiro atoms. The van der Waals surface area contributed by atoms with Gasteiger partial charge in [0, 0.05) is 18.7 Å². The van der Waals surface area contributed by atoms with Crippen molar-refractivity contribution in [3.05, 3.63) is 0 Å². The molecule has 0 radical (unpaired) electrons. The lowest BCUT2D eigenvalue weighted by atomic mass is 9.89. The number of thioether (sulfide) groups is 1. The zero-order valence-corrected chi connectivity index (χ0v) is 14.0. The molecule has 2 heterocycles. The maximum Gasteiger partial charge on any atom is 0.320 e. The Morgan fingerprint density at radius 1 is 1.46 bits per heavy atom. The van der Waals surface area contributed by atoms with Crippen molar-refractivity contribution >= 4 is 35.5 Å². The van der Waals surface area contributed by atoms with Crippen LogP contribution in [-0.4, -0.2) is 68.6 Å². The van der Waals surface area contributed by atoms with Gasteiger partial charge in [-0.15, -0.1) is 11.8 Å². The highest BCUT2D eigenvalue weighted by Gasteiger charge is 2.55. The molecule has 0 aromatic heterocycles. The zero-order chi connectivity index (χ0) is 18.1. The molecule has 2 rings (SSSR count). The molecule has 3 unspecified atom stereocenters. The molecular formula is C14H21N3O6S. The first-order chi connectivity index (χ1) is 11.2. The zero-order valence-electron chi connectivity index (χ0n) is 13.2. The lowest BCUT2D eigenvalue weighted by Crippen LogP contribution is -2.73. The number of nitrogens with one attached hydrogen (secondary N) is 1. The standard InChI is InChI=1S/C14H21N3O6S/c1-14(13(22)23)5-17-10(19)9(11(17)24-6-14)16-8(18)4-2-3-7(15)12(20)21/h7,9,11H,2-6,15H2,1H3,(H,16,18)(H,20,21)(H,22,23)/t7?,9?,11-,14?/m1/s1. The number of carboxylic acids is 2. The van der Waals surface area contributed by atoms with Gasteiger partial charge in [0.2, 0.25) is 11.8 Å². The Morgan fingerprint density at radius 2 is 2.12 bits per heavy atom. The SMILES string of the molecule is CC1(C(=O)O)CS[C@@H]2C(NC(=O)CCCC(N)C(=O)O)C(=O)N2C1. The third-order valence-corrected chi connectivity index (χ3v) is 5.97. The molecule has 24 heavy (non-hydrogen) atoms. The number of aliphatic carboxylic acids is 2. The number of rotatable bonds is 7. The summed E-state index contributed by atoms with van der Waals surface area (Å²) in [6.45, 7) is 1.74. The molecule has 2 amide bonds. The van der Waals surface area contributed by atoms with Gasteiger partial charge in [0.25, 0.3) is 0 Å². The van der Waals surface area contributed by atoms with Gasteiger partial charge in [-0.3, -0.25) is 19.2 Å². The van der Waals surface area contributed by atoms with Crippen LogP contribution < -0.4 is 11.1 Å². The molecular weight excluding hydrogens is 338 g/mol. The van der Waals surface area contributed by atoms with Gasteiger partial charge in [0.15, 0.2) is 0 Å². The molecule has 2 aliphatic rings. The maximum absolute atomic E-state index is 12.1. The predicted molar refractivity (Wildman–Crippen MR) is 85.1 cm³/mol. The van der Waals surface area contributed by atoms with Gasteiger partial charge in [-0.25, -0.2) is 0 Å². The number of amides is 2. The summed E-state index contributed by atoms with van der Waals surface area (Å²) in [6, 6.07) is -1.64. The van der Waals surface area contributed by atoms with Gasteiger partial charge in [0.05, 0.1) is 5.41 Å². The Hall–Kier alpha value is -1.81. The number of carbonyl (C=O) groups excluding carboxylic acids is 2. The second-order valence-corrected chi connectivity index (χ2v) is 7.52. The van der Waals surface area contributed by atoms with Crippen LogP contribution in [-0.2, 0) is 19.2 Å². The summed E-state index contributed by atoms with van der Waals surface area (Å²) in [7, 11) is 0. The van der Waals surface area contributed by atoms with E-state index in [0.29, 0.717) is 12.2 Å². The molecule has 10 heteroatoms. The summed E-state index contributed by atoms with van der Waals surface area (Å²) in [5.74, 6) is -2.30. The Morgan fingerprint density at radius 3 is 2.71 bits per heavy atom. The molecule has 2 fully saturated rings. The molecule has 0 aromatic carbocycles. The molecule has 0 aromatic rings. The van der Waals surface area contributed by atoms with E-state index in [1.54, 1.807) is 6.92 Å². The first-order valence-electron chi connectivity index (χ1n) is 7.59. The van der Waals surface area contributed by atoms with Crippen LogP contribution in [0.15, 0.2) is 0 Å². The number of nitrogens with zero attached hydrogens (tertiary/aromatic N) is 1. The average molecular weight is 359 g/mol. The van der Waals surface area contributed by atoms with Gasteiger partial charge < -0.3 is 26.2 Å². The van der Waals surface area contributed by atoms with Crippen LogP contribution in [0.2, 0.25) is 0 Å². The van der Waals surface area contributed by atoms with Crippen LogP contribution in [0.25, 0.3) is 0 Å². The molecule has 5 N–H and O–H groups in total.